The number of carbonyl (C=O) groups excluding carboxylic acids is 1. The van der Waals surface area contributed by atoms with Crippen molar-refractivity contribution in [1.29, 1.82) is 0 Å². The van der Waals surface area contributed by atoms with Crippen molar-refractivity contribution in [2.24, 2.45) is 0 Å². The zero-order chi connectivity index (χ0) is 16.8. The van der Waals surface area contributed by atoms with Crippen molar-refractivity contribution in [1.82, 2.24) is 14.9 Å². The molecule has 6 nitrogen and oxygen atoms in total. The van der Waals surface area contributed by atoms with Crippen LogP contribution in [0.3, 0.4) is 0 Å². The van der Waals surface area contributed by atoms with Crippen molar-refractivity contribution in [3.8, 4) is 11.8 Å². The first-order valence-corrected chi connectivity index (χ1v) is 9.07. The molecule has 0 atom stereocenters. The van der Waals surface area contributed by atoms with Crippen molar-refractivity contribution in [2.75, 3.05) is 29.9 Å². The molecule has 1 N–H and O–H groups in total. The molecule has 0 unspecified atom stereocenters. The molecular formula is C17H20N4O2S. The molecule has 1 aliphatic heterocycles. The number of nitrogens with zero attached hydrogens (tertiary/aromatic N) is 3. The van der Waals surface area contributed by atoms with Gasteiger partial charge in [0, 0.05) is 36.4 Å². The van der Waals surface area contributed by atoms with Gasteiger partial charge in [0.2, 0.25) is 0 Å². The Labute approximate surface area is 145 Å². The summed E-state index contributed by atoms with van der Waals surface area (Å²) >= 11 is 1.90. The third-order valence-electron chi connectivity index (χ3n) is 3.60. The van der Waals surface area contributed by atoms with Gasteiger partial charge in [0.15, 0.2) is 0 Å². The summed E-state index contributed by atoms with van der Waals surface area (Å²) in [4.78, 5) is 22.4. The highest BCUT2D eigenvalue weighted by Gasteiger charge is 2.15. The Hall–Kier alpha value is -2.28. The molecule has 0 bridgehead atoms. The van der Waals surface area contributed by atoms with Gasteiger partial charge >= 0.3 is 12.0 Å². The standard InChI is InChI=1S/C17H20N4O2S/c1-13-7-8-18-16(19-13)23-15-5-3-14(4-6-15)20-17(22)21-9-2-11-24-12-10-21/h3-8H,2,9-12H2,1H3,(H,20,22). The van der Waals surface area contributed by atoms with Crippen LogP contribution >= 0.6 is 11.8 Å². The SMILES string of the molecule is Cc1ccnc(Oc2ccc(NC(=O)N3CCCSCC3)cc2)n1. The predicted octanol–water partition coefficient (Wildman–Crippen LogP) is 3.55. The lowest BCUT2D eigenvalue weighted by atomic mass is 10.3. The van der Waals surface area contributed by atoms with Crippen LogP contribution in [0.15, 0.2) is 36.5 Å². The number of aryl methyl sites for hydroxylation is 1. The number of carbonyl (C=O) groups is 1. The summed E-state index contributed by atoms with van der Waals surface area (Å²) in [6.07, 6.45) is 2.70. The summed E-state index contributed by atoms with van der Waals surface area (Å²) in [7, 11) is 0. The van der Waals surface area contributed by atoms with E-state index in [0.29, 0.717) is 11.8 Å². The molecule has 0 spiro atoms. The summed E-state index contributed by atoms with van der Waals surface area (Å²) in [5.41, 5.74) is 1.59. The van der Waals surface area contributed by atoms with E-state index in [0.717, 1.165) is 42.4 Å². The molecule has 0 aliphatic carbocycles. The van der Waals surface area contributed by atoms with Crippen LogP contribution in [0.4, 0.5) is 10.5 Å². The number of hydrogen-bond donors (Lipinski definition) is 1. The zero-order valence-corrected chi connectivity index (χ0v) is 14.4. The number of hydrogen-bond acceptors (Lipinski definition) is 5. The fourth-order valence-electron chi connectivity index (χ4n) is 2.34. The topological polar surface area (TPSA) is 67.3 Å². The maximum atomic E-state index is 12.3. The van der Waals surface area contributed by atoms with E-state index in [1.807, 2.05) is 41.8 Å². The Balaban J connectivity index is 1.58. The second-order valence-electron chi connectivity index (χ2n) is 5.49. The van der Waals surface area contributed by atoms with Crippen LogP contribution in [0.2, 0.25) is 0 Å². The molecule has 1 fully saturated rings. The zero-order valence-electron chi connectivity index (χ0n) is 13.6. The lowest BCUT2D eigenvalue weighted by Crippen LogP contribution is -2.36. The molecule has 126 valence electrons. The minimum absolute atomic E-state index is 0.0480. The van der Waals surface area contributed by atoms with Crippen LogP contribution in [0, 0.1) is 6.92 Å². The molecule has 2 aromatic rings. The highest BCUT2D eigenvalue weighted by Crippen LogP contribution is 2.21. The number of rotatable bonds is 3. The van der Waals surface area contributed by atoms with Gasteiger partial charge in [-0.2, -0.15) is 11.8 Å². The van der Waals surface area contributed by atoms with Crippen molar-refractivity contribution < 1.29 is 9.53 Å². The Morgan fingerprint density at radius 3 is 2.83 bits per heavy atom. The van der Waals surface area contributed by atoms with Crippen molar-refractivity contribution in [3.05, 3.63) is 42.2 Å². The van der Waals surface area contributed by atoms with Crippen molar-refractivity contribution in [3.63, 3.8) is 0 Å². The number of nitrogens with one attached hydrogen (secondary N) is 1. The average molecular weight is 344 g/mol. The van der Waals surface area contributed by atoms with E-state index in [4.69, 9.17) is 4.74 Å². The Morgan fingerprint density at radius 2 is 2.04 bits per heavy atom. The Kier molecular flexibility index (Phi) is 5.53. The summed E-state index contributed by atoms with van der Waals surface area (Å²) in [5.74, 6) is 2.75. The van der Waals surface area contributed by atoms with Gasteiger partial charge in [0.05, 0.1) is 0 Å². The van der Waals surface area contributed by atoms with Crippen molar-refractivity contribution >= 4 is 23.5 Å². The second-order valence-corrected chi connectivity index (χ2v) is 6.71. The molecule has 24 heavy (non-hydrogen) atoms. The maximum absolute atomic E-state index is 12.3. The van der Waals surface area contributed by atoms with E-state index in [2.05, 4.69) is 15.3 Å². The fraction of sp³-hybridized carbons (Fsp3) is 0.353. The van der Waals surface area contributed by atoms with E-state index in [1.54, 1.807) is 18.3 Å². The van der Waals surface area contributed by atoms with Gasteiger partial charge in [-0.15, -0.1) is 0 Å². The highest BCUT2D eigenvalue weighted by atomic mass is 32.2. The van der Waals surface area contributed by atoms with Gasteiger partial charge in [-0.25, -0.2) is 14.8 Å². The average Bonchev–Trinajstić information content (AvgIpc) is 2.86. The van der Waals surface area contributed by atoms with Crippen LogP contribution in [-0.4, -0.2) is 45.5 Å². The molecule has 7 heteroatoms. The molecule has 2 amide bonds. The highest BCUT2D eigenvalue weighted by molar-refractivity contribution is 7.99. The second kappa shape index (κ2) is 8.01. The minimum Gasteiger partial charge on any atom is -0.424 e. The number of benzene rings is 1. The van der Waals surface area contributed by atoms with E-state index < -0.39 is 0 Å². The van der Waals surface area contributed by atoms with Gasteiger partial charge in [0.1, 0.15) is 5.75 Å². The predicted molar refractivity (Wildman–Crippen MR) is 95.8 cm³/mol. The van der Waals surface area contributed by atoms with Crippen LogP contribution in [0.25, 0.3) is 0 Å². The van der Waals surface area contributed by atoms with Crippen LogP contribution in [0.5, 0.6) is 11.8 Å². The first-order chi connectivity index (χ1) is 11.7. The first kappa shape index (κ1) is 16.6. The van der Waals surface area contributed by atoms with Crippen LogP contribution < -0.4 is 10.1 Å². The molecule has 3 rings (SSSR count). The largest absolute Gasteiger partial charge is 0.424 e. The van der Waals surface area contributed by atoms with Gasteiger partial charge in [-0.3, -0.25) is 0 Å². The Morgan fingerprint density at radius 1 is 1.21 bits per heavy atom. The molecule has 1 aromatic carbocycles. The van der Waals surface area contributed by atoms with E-state index in [9.17, 15) is 4.79 Å². The lowest BCUT2D eigenvalue weighted by Gasteiger charge is -2.20. The normalized spacial score (nSPS) is 14.8. The van der Waals surface area contributed by atoms with Gasteiger partial charge < -0.3 is 15.0 Å². The third-order valence-corrected chi connectivity index (χ3v) is 4.65. The summed E-state index contributed by atoms with van der Waals surface area (Å²) in [5, 5.41) is 2.93. The molecule has 0 saturated carbocycles. The molecule has 0 radical (unpaired) electrons. The quantitative estimate of drug-likeness (QED) is 0.922. The van der Waals surface area contributed by atoms with Gasteiger partial charge in [-0.05, 0) is 49.4 Å². The first-order valence-electron chi connectivity index (χ1n) is 7.92. The molecular weight excluding hydrogens is 324 g/mol. The number of urea groups is 1. The van der Waals surface area contributed by atoms with E-state index in [1.165, 1.54) is 0 Å². The Bertz CT molecular complexity index is 685. The number of thioether (sulfide) groups is 1. The monoisotopic (exact) mass is 344 g/mol. The number of amides is 2. The third kappa shape index (κ3) is 4.61. The van der Waals surface area contributed by atoms with Crippen LogP contribution in [0.1, 0.15) is 12.1 Å². The number of aromatic nitrogens is 2. The number of anilines is 1. The summed E-state index contributed by atoms with van der Waals surface area (Å²) in [6, 6.07) is 9.29. The number of ether oxygens (including phenoxy) is 1. The van der Waals surface area contributed by atoms with Gasteiger partial charge in [0.25, 0.3) is 0 Å². The molecule has 1 aliphatic rings. The lowest BCUT2D eigenvalue weighted by molar-refractivity contribution is 0.216. The smallest absolute Gasteiger partial charge is 0.322 e. The molecule has 2 heterocycles. The molecule has 1 aromatic heterocycles. The van der Waals surface area contributed by atoms with E-state index >= 15 is 0 Å². The van der Waals surface area contributed by atoms with Crippen molar-refractivity contribution in [2.45, 2.75) is 13.3 Å². The van der Waals surface area contributed by atoms with Crippen LogP contribution in [-0.2, 0) is 0 Å². The maximum Gasteiger partial charge on any atom is 0.322 e. The minimum atomic E-state index is -0.0480. The molecule has 1 saturated heterocycles. The van der Waals surface area contributed by atoms with Gasteiger partial charge in [-0.1, -0.05) is 0 Å². The van der Waals surface area contributed by atoms with E-state index in [-0.39, 0.29) is 6.03 Å². The summed E-state index contributed by atoms with van der Waals surface area (Å²) < 4.78 is 5.60. The fourth-order valence-corrected chi connectivity index (χ4v) is 3.23. The summed E-state index contributed by atoms with van der Waals surface area (Å²) in [6.45, 7) is 3.49.